The Morgan fingerprint density at radius 3 is 2.48 bits per heavy atom. The summed E-state index contributed by atoms with van der Waals surface area (Å²) in [5, 5.41) is 7.13. The van der Waals surface area contributed by atoms with Crippen LogP contribution in [0.1, 0.15) is 20.3 Å². The highest BCUT2D eigenvalue weighted by molar-refractivity contribution is 6.07. The molecule has 3 N–H and O–H groups in total. The number of benzene rings is 2. The van der Waals surface area contributed by atoms with Crippen molar-refractivity contribution < 1.29 is 14.3 Å². The number of rotatable bonds is 4. The third-order valence-electron chi connectivity index (χ3n) is 4.49. The standard InChI is InChI=1S/C21H21N5O3/c1-13(2)19-24-21-23-18(27)12-17(26(21)25-19)20(28)22-14-8-10-16(11-9-14)29-15-6-4-3-5-7-15/h3-11,17,25H,12H2,1-2H3,(H,22,28)(H,23,24,27). The molecule has 2 aliphatic rings. The number of amides is 2. The van der Waals surface area contributed by atoms with Crippen LogP contribution in [0.3, 0.4) is 0 Å². The predicted octanol–water partition coefficient (Wildman–Crippen LogP) is 2.73. The number of anilines is 1. The number of fused-ring (bicyclic) bond motifs is 1. The third kappa shape index (κ3) is 4.06. The monoisotopic (exact) mass is 391 g/mol. The molecule has 2 heterocycles. The Kier molecular flexibility index (Phi) is 4.90. The molecule has 2 aromatic rings. The number of ether oxygens (including phenoxy) is 1. The molecule has 0 aliphatic carbocycles. The minimum absolute atomic E-state index is 0.0309. The van der Waals surface area contributed by atoms with E-state index in [0.717, 1.165) is 11.3 Å². The van der Waals surface area contributed by atoms with Crippen LogP contribution in [0, 0.1) is 0 Å². The lowest BCUT2D eigenvalue weighted by molar-refractivity contribution is -0.129. The molecule has 0 saturated carbocycles. The number of guanidine groups is 1. The number of carbonyl (C=O) groups excluding carboxylic acids is 2. The molecule has 1 unspecified atom stereocenters. The van der Waals surface area contributed by atoms with Crippen molar-refractivity contribution in [2.75, 3.05) is 5.32 Å². The second-order valence-electron chi connectivity index (χ2n) is 6.96. The van der Waals surface area contributed by atoms with Crippen molar-refractivity contribution in [1.29, 1.82) is 0 Å². The van der Waals surface area contributed by atoms with Gasteiger partial charge in [0.05, 0.1) is 6.42 Å². The fourth-order valence-electron chi connectivity index (χ4n) is 3.00. The third-order valence-corrected chi connectivity index (χ3v) is 4.49. The van der Waals surface area contributed by atoms with Crippen LogP contribution in [-0.2, 0) is 9.59 Å². The van der Waals surface area contributed by atoms with E-state index in [4.69, 9.17) is 4.74 Å². The number of para-hydroxylation sites is 1. The van der Waals surface area contributed by atoms with Crippen molar-refractivity contribution in [1.82, 2.24) is 15.8 Å². The van der Waals surface area contributed by atoms with Crippen LogP contribution in [0.2, 0.25) is 0 Å². The molecule has 2 aliphatic heterocycles. The van der Waals surface area contributed by atoms with Crippen LogP contribution in [0.5, 0.6) is 11.5 Å². The maximum atomic E-state index is 12.8. The fourth-order valence-corrected chi connectivity index (χ4v) is 3.00. The zero-order valence-corrected chi connectivity index (χ0v) is 16.1. The number of allylic oxidation sites excluding steroid dienone is 1. The van der Waals surface area contributed by atoms with Gasteiger partial charge in [0.15, 0.2) is 0 Å². The van der Waals surface area contributed by atoms with Gasteiger partial charge in [-0.3, -0.25) is 20.3 Å². The smallest absolute Gasteiger partial charge is 0.249 e. The number of hydrazine groups is 1. The Morgan fingerprint density at radius 2 is 1.79 bits per heavy atom. The molecular formula is C21H21N5O3. The van der Waals surface area contributed by atoms with Crippen LogP contribution in [0.15, 0.2) is 71.0 Å². The average molecular weight is 391 g/mol. The molecule has 2 amide bonds. The summed E-state index contributed by atoms with van der Waals surface area (Å²) >= 11 is 0. The van der Waals surface area contributed by atoms with Gasteiger partial charge >= 0.3 is 0 Å². The highest BCUT2D eigenvalue weighted by Crippen LogP contribution is 2.24. The highest BCUT2D eigenvalue weighted by Gasteiger charge is 2.39. The van der Waals surface area contributed by atoms with E-state index in [9.17, 15) is 9.59 Å². The second kappa shape index (κ2) is 7.67. The lowest BCUT2D eigenvalue weighted by Gasteiger charge is -2.32. The lowest BCUT2D eigenvalue weighted by Crippen LogP contribution is -2.61. The normalized spacial score (nSPS) is 17.7. The summed E-state index contributed by atoms with van der Waals surface area (Å²) < 4.78 is 5.76. The first-order chi connectivity index (χ1) is 14.0. The van der Waals surface area contributed by atoms with E-state index in [1.807, 2.05) is 44.2 Å². The maximum Gasteiger partial charge on any atom is 0.249 e. The van der Waals surface area contributed by atoms with Crippen LogP contribution >= 0.6 is 0 Å². The molecule has 1 saturated heterocycles. The van der Waals surface area contributed by atoms with Gasteiger partial charge in [0.25, 0.3) is 0 Å². The zero-order chi connectivity index (χ0) is 20.4. The average Bonchev–Trinajstić information content (AvgIpc) is 3.14. The predicted molar refractivity (Wildman–Crippen MR) is 109 cm³/mol. The van der Waals surface area contributed by atoms with Gasteiger partial charge in [0, 0.05) is 5.69 Å². The van der Waals surface area contributed by atoms with Gasteiger partial charge in [-0.2, -0.15) is 4.99 Å². The van der Waals surface area contributed by atoms with Crippen molar-refractivity contribution in [2.24, 2.45) is 4.99 Å². The van der Waals surface area contributed by atoms with E-state index < -0.39 is 6.04 Å². The number of hydrogen-bond acceptors (Lipinski definition) is 6. The van der Waals surface area contributed by atoms with Gasteiger partial charge in [-0.25, -0.2) is 5.01 Å². The lowest BCUT2D eigenvalue weighted by atomic mass is 10.1. The molecule has 0 radical (unpaired) electrons. The summed E-state index contributed by atoms with van der Waals surface area (Å²) in [5.41, 5.74) is 4.65. The Morgan fingerprint density at radius 1 is 1.10 bits per heavy atom. The summed E-state index contributed by atoms with van der Waals surface area (Å²) in [7, 11) is 0. The Hall–Kier alpha value is -3.81. The molecule has 148 valence electrons. The van der Waals surface area contributed by atoms with Crippen LogP contribution < -0.4 is 20.8 Å². The summed E-state index contributed by atoms with van der Waals surface area (Å²) in [5.74, 6) is 1.82. The van der Waals surface area contributed by atoms with Gasteiger partial charge in [0.2, 0.25) is 17.8 Å². The molecule has 8 nitrogen and oxygen atoms in total. The van der Waals surface area contributed by atoms with E-state index in [0.29, 0.717) is 23.2 Å². The number of nitrogens with zero attached hydrogens (tertiary/aromatic N) is 2. The Labute approximate surface area is 168 Å². The Balaban J connectivity index is 1.44. The first kappa shape index (κ1) is 18.5. The molecule has 4 rings (SSSR count). The van der Waals surface area contributed by atoms with Gasteiger partial charge in [-0.15, -0.1) is 0 Å². The van der Waals surface area contributed by atoms with Crippen LogP contribution in [-0.4, -0.2) is 28.8 Å². The van der Waals surface area contributed by atoms with Gasteiger partial charge in [0.1, 0.15) is 23.4 Å². The topological polar surface area (TPSA) is 95.1 Å². The maximum absolute atomic E-state index is 12.8. The van der Waals surface area contributed by atoms with Crippen molar-refractivity contribution in [3.63, 3.8) is 0 Å². The Bertz CT molecular complexity index is 995. The summed E-state index contributed by atoms with van der Waals surface area (Å²) in [6.07, 6.45) is 0.0309. The zero-order valence-electron chi connectivity index (χ0n) is 16.1. The summed E-state index contributed by atoms with van der Waals surface area (Å²) in [6, 6.07) is 15.8. The van der Waals surface area contributed by atoms with Crippen molar-refractivity contribution in [2.45, 2.75) is 26.3 Å². The van der Waals surface area contributed by atoms with E-state index in [-0.39, 0.29) is 18.2 Å². The first-order valence-electron chi connectivity index (χ1n) is 9.25. The second-order valence-corrected chi connectivity index (χ2v) is 6.96. The number of carbonyl (C=O) groups is 2. The van der Waals surface area contributed by atoms with Gasteiger partial charge < -0.3 is 10.1 Å². The van der Waals surface area contributed by atoms with Crippen molar-refractivity contribution >= 4 is 23.5 Å². The highest BCUT2D eigenvalue weighted by atomic mass is 16.5. The molecule has 0 spiro atoms. The minimum atomic E-state index is -0.709. The SMILES string of the molecule is CC(C)=C1N=C2NC(=O)CC(C(=O)Nc3ccc(Oc4ccccc4)cc3)N2N1. The van der Waals surface area contributed by atoms with Crippen LogP contribution in [0.25, 0.3) is 0 Å². The van der Waals surface area contributed by atoms with Crippen LogP contribution in [0.4, 0.5) is 5.69 Å². The molecule has 29 heavy (non-hydrogen) atoms. The molecular weight excluding hydrogens is 370 g/mol. The van der Waals surface area contributed by atoms with Crippen molar-refractivity contribution in [3.8, 4) is 11.5 Å². The first-order valence-corrected chi connectivity index (χ1v) is 9.25. The van der Waals surface area contributed by atoms with E-state index in [1.165, 1.54) is 0 Å². The number of hydrogen-bond donors (Lipinski definition) is 3. The van der Waals surface area contributed by atoms with Crippen molar-refractivity contribution in [3.05, 3.63) is 66.0 Å². The molecule has 1 atom stereocenters. The molecule has 1 fully saturated rings. The summed E-state index contributed by atoms with van der Waals surface area (Å²) in [6.45, 7) is 3.81. The van der Waals surface area contributed by atoms with Gasteiger partial charge in [-0.05, 0) is 55.8 Å². The minimum Gasteiger partial charge on any atom is -0.457 e. The quantitative estimate of drug-likeness (QED) is 0.745. The van der Waals surface area contributed by atoms with Gasteiger partial charge in [-0.1, -0.05) is 18.2 Å². The number of aliphatic imine (C=N–C) groups is 1. The molecule has 8 heteroatoms. The molecule has 2 aromatic carbocycles. The summed E-state index contributed by atoms with van der Waals surface area (Å²) in [4.78, 5) is 29.2. The molecule has 0 aromatic heterocycles. The number of nitrogens with one attached hydrogen (secondary N) is 3. The van der Waals surface area contributed by atoms with E-state index in [1.54, 1.807) is 29.3 Å². The molecule has 0 bridgehead atoms. The largest absolute Gasteiger partial charge is 0.457 e. The van der Waals surface area contributed by atoms with E-state index >= 15 is 0 Å². The van der Waals surface area contributed by atoms with E-state index in [2.05, 4.69) is 21.1 Å². The fraction of sp³-hybridized carbons (Fsp3) is 0.190.